The minimum Gasteiger partial charge on any atom is -0.493 e. The average Bonchev–Trinajstić information content (AvgIpc) is 2.91. The standard InChI is InChI=1S/C32H39FN2O2/c1-4-35(22-25-8-6-5-7-9-25)31(36)29-12-10-27(11-13-29)28-14-16-30(17-15-28)37-23-26-18-20-34(21-19-26)24-32(2,3)33/h5-17,26H,4,18-24H2,1-3H3. The van der Waals surface area contributed by atoms with Gasteiger partial charge in [-0.05, 0) is 93.6 Å². The van der Waals surface area contributed by atoms with Crippen LogP contribution in [0.5, 0.6) is 5.75 Å². The molecule has 1 aliphatic rings. The van der Waals surface area contributed by atoms with Crippen LogP contribution in [0.15, 0.2) is 78.9 Å². The van der Waals surface area contributed by atoms with Crippen molar-refractivity contribution in [2.45, 2.75) is 45.8 Å². The molecule has 0 bridgehead atoms. The maximum atomic E-state index is 13.9. The number of halogens is 1. The topological polar surface area (TPSA) is 32.8 Å². The van der Waals surface area contributed by atoms with E-state index in [9.17, 15) is 9.18 Å². The first-order valence-corrected chi connectivity index (χ1v) is 13.4. The summed E-state index contributed by atoms with van der Waals surface area (Å²) in [7, 11) is 0. The lowest BCUT2D eigenvalue weighted by Gasteiger charge is -2.34. The number of amides is 1. The smallest absolute Gasteiger partial charge is 0.254 e. The molecule has 0 aromatic heterocycles. The molecule has 4 rings (SSSR count). The van der Waals surface area contributed by atoms with Crippen LogP contribution in [0.4, 0.5) is 4.39 Å². The van der Waals surface area contributed by atoms with Gasteiger partial charge in [0.1, 0.15) is 11.4 Å². The molecule has 1 aliphatic heterocycles. The lowest BCUT2D eigenvalue weighted by molar-refractivity contribution is 0.0752. The second-order valence-corrected chi connectivity index (χ2v) is 10.7. The summed E-state index contributed by atoms with van der Waals surface area (Å²) in [5.74, 6) is 1.41. The highest BCUT2D eigenvalue weighted by Gasteiger charge is 2.25. The summed E-state index contributed by atoms with van der Waals surface area (Å²) in [5.41, 5.74) is 2.84. The van der Waals surface area contributed by atoms with E-state index in [1.165, 1.54) is 0 Å². The zero-order valence-electron chi connectivity index (χ0n) is 22.3. The van der Waals surface area contributed by atoms with Gasteiger partial charge in [-0.25, -0.2) is 4.39 Å². The lowest BCUT2D eigenvalue weighted by atomic mass is 9.97. The van der Waals surface area contributed by atoms with Crippen LogP contribution in [0, 0.1) is 5.92 Å². The Balaban J connectivity index is 1.28. The second kappa shape index (κ2) is 12.4. The van der Waals surface area contributed by atoms with Crippen LogP contribution < -0.4 is 4.74 Å². The van der Waals surface area contributed by atoms with Crippen molar-refractivity contribution in [3.8, 4) is 16.9 Å². The van der Waals surface area contributed by atoms with Gasteiger partial charge < -0.3 is 14.5 Å². The average molecular weight is 503 g/mol. The molecule has 1 saturated heterocycles. The SMILES string of the molecule is CCN(Cc1ccccc1)C(=O)c1ccc(-c2ccc(OCC3CCN(CC(C)(C)F)CC3)cc2)cc1. The first kappa shape index (κ1) is 26.9. The maximum absolute atomic E-state index is 13.9. The minimum absolute atomic E-state index is 0.0425. The largest absolute Gasteiger partial charge is 0.493 e. The molecule has 0 aliphatic carbocycles. The summed E-state index contributed by atoms with van der Waals surface area (Å²) in [6, 6.07) is 26.0. The molecule has 3 aromatic carbocycles. The third-order valence-electron chi connectivity index (χ3n) is 7.00. The van der Waals surface area contributed by atoms with Gasteiger partial charge in [-0.1, -0.05) is 54.6 Å². The number of alkyl halides is 1. The summed E-state index contributed by atoms with van der Waals surface area (Å²) in [5, 5.41) is 0. The van der Waals surface area contributed by atoms with Crippen LogP contribution in [-0.4, -0.2) is 54.2 Å². The molecule has 0 N–H and O–H groups in total. The highest BCUT2D eigenvalue weighted by atomic mass is 19.1. The molecular weight excluding hydrogens is 463 g/mol. The number of ether oxygens (including phenoxy) is 1. The molecule has 3 aromatic rings. The fraction of sp³-hybridized carbons (Fsp3) is 0.406. The Morgan fingerprint density at radius 3 is 2.11 bits per heavy atom. The van der Waals surface area contributed by atoms with Gasteiger partial charge >= 0.3 is 0 Å². The van der Waals surface area contributed by atoms with Crippen LogP contribution in [0.1, 0.15) is 49.5 Å². The number of carbonyl (C=O) groups excluding carboxylic acids is 1. The lowest BCUT2D eigenvalue weighted by Crippen LogP contribution is -2.41. The number of hydrogen-bond donors (Lipinski definition) is 0. The number of benzene rings is 3. The van der Waals surface area contributed by atoms with E-state index in [0.29, 0.717) is 37.7 Å². The van der Waals surface area contributed by atoms with Crippen LogP contribution >= 0.6 is 0 Å². The molecule has 0 saturated carbocycles. The Hall–Kier alpha value is -3.18. The van der Waals surface area contributed by atoms with Crippen molar-refractivity contribution in [2.75, 3.05) is 32.8 Å². The van der Waals surface area contributed by atoms with Gasteiger partial charge in [0.15, 0.2) is 0 Å². The Morgan fingerprint density at radius 1 is 0.946 bits per heavy atom. The summed E-state index contributed by atoms with van der Waals surface area (Å²) in [4.78, 5) is 17.1. The third-order valence-corrected chi connectivity index (χ3v) is 7.00. The highest BCUT2D eigenvalue weighted by Crippen LogP contribution is 2.25. The highest BCUT2D eigenvalue weighted by molar-refractivity contribution is 5.94. The zero-order valence-corrected chi connectivity index (χ0v) is 22.3. The van der Waals surface area contributed by atoms with E-state index in [1.54, 1.807) is 13.8 Å². The Kier molecular flexibility index (Phi) is 8.99. The molecule has 1 amide bonds. The molecule has 37 heavy (non-hydrogen) atoms. The summed E-state index contributed by atoms with van der Waals surface area (Å²) >= 11 is 0. The summed E-state index contributed by atoms with van der Waals surface area (Å²) in [6.45, 7) is 9.62. The van der Waals surface area contributed by atoms with E-state index in [0.717, 1.165) is 48.4 Å². The Bertz CT molecular complexity index is 1120. The van der Waals surface area contributed by atoms with Crippen molar-refractivity contribution in [3.63, 3.8) is 0 Å². The molecule has 0 radical (unpaired) electrons. The van der Waals surface area contributed by atoms with Gasteiger partial charge in [0.05, 0.1) is 6.61 Å². The van der Waals surface area contributed by atoms with E-state index >= 15 is 0 Å². The second-order valence-electron chi connectivity index (χ2n) is 10.7. The molecule has 0 unspecified atom stereocenters. The number of carbonyl (C=O) groups is 1. The third kappa shape index (κ3) is 7.90. The Morgan fingerprint density at radius 2 is 1.54 bits per heavy atom. The van der Waals surface area contributed by atoms with E-state index in [4.69, 9.17) is 4.74 Å². The van der Waals surface area contributed by atoms with Gasteiger partial charge in [0.2, 0.25) is 0 Å². The summed E-state index contributed by atoms with van der Waals surface area (Å²) in [6.07, 6.45) is 2.08. The van der Waals surface area contributed by atoms with Gasteiger partial charge in [0, 0.05) is 25.2 Å². The van der Waals surface area contributed by atoms with Crippen molar-refractivity contribution >= 4 is 5.91 Å². The van der Waals surface area contributed by atoms with Crippen LogP contribution in [0.2, 0.25) is 0 Å². The normalized spacial score (nSPS) is 14.9. The molecule has 5 heteroatoms. The van der Waals surface area contributed by atoms with E-state index in [1.807, 2.05) is 78.6 Å². The first-order chi connectivity index (χ1) is 17.8. The fourth-order valence-electron chi connectivity index (χ4n) is 4.92. The predicted molar refractivity (Wildman–Crippen MR) is 149 cm³/mol. The Labute approximate surface area is 221 Å². The molecular formula is C32H39FN2O2. The number of rotatable bonds is 10. The first-order valence-electron chi connectivity index (χ1n) is 13.4. The van der Waals surface area contributed by atoms with Crippen molar-refractivity contribution in [1.82, 2.24) is 9.80 Å². The zero-order chi connectivity index (χ0) is 26.3. The van der Waals surface area contributed by atoms with Crippen LogP contribution in [0.3, 0.4) is 0 Å². The van der Waals surface area contributed by atoms with Crippen molar-refractivity contribution in [1.29, 1.82) is 0 Å². The van der Waals surface area contributed by atoms with Crippen LogP contribution in [0.25, 0.3) is 11.1 Å². The van der Waals surface area contributed by atoms with Gasteiger partial charge in [-0.3, -0.25) is 4.79 Å². The number of likely N-dealkylation sites (tertiary alicyclic amines) is 1. The van der Waals surface area contributed by atoms with E-state index < -0.39 is 5.67 Å². The quantitative estimate of drug-likeness (QED) is 0.304. The monoisotopic (exact) mass is 502 g/mol. The molecule has 1 fully saturated rings. The number of nitrogens with zero attached hydrogens (tertiary/aromatic N) is 2. The van der Waals surface area contributed by atoms with Crippen molar-refractivity contribution < 1.29 is 13.9 Å². The van der Waals surface area contributed by atoms with Crippen molar-refractivity contribution in [2.24, 2.45) is 5.92 Å². The van der Waals surface area contributed by atoms with Gasteiger partial charge in [0.25, 0.3) is 5.91 Å². The molecule has 4 nitrogen and oxygen atoms in total. The molecule has 196 valence electrons. The minimum atomic E-state index is -1.14. The summed E-state index contributed by atoms with van der Waals surface area (Å²) < 4.78 is 20.0. The number of hydrogen-bond acceptors (Lipinski definition) is 3. The van der Waals surface area contributed by atoms with Gasteiger partial charge in [-0.2, -0.15) is 0 Å². The van der Waals surface area contributed by atoms with Gasteiger partial charge in [-0.15, -0.1) is 0 Å². The van der Waals surface area contributed by atoms with E-state index in [-0.39, 0.29) is 5.91 Å². The van der Waals surface area contributed by atoms with Crippen molar-refractivity contribution in [3.05, 3.63) is 90.0 Å². The van der Waals surface area contributed by atoms with Crippen LogP contribution in [-0.2, 0) is 6.54 Å². The molecule has 0 atom stereocenters. The van der Waals surface area contributed by atoms with E-state index in [2.05, 4.69) is 17.0 Å². The fourth-order valence-corrected chi connectivity index (χ4v) is 4.92. The molecule has 1 heterocycles. The predicted octanol–water partition coefficient (Wildman–Crippen LogP) is 6.85. The number of piperidine rings is 1. The molecule has 0 spiro atoms. The maximum Gasteiger partial charge on any atom is 0.254 e.